The Bertz CT molecular complexity index is 1290. The van der Waals surface area contributed by atoms with Gasteiger partial charge in [0.1, 0.15) is 5.01 Å². The molecule has 0 aliphatic carbocycles. The zero-order chi connectivity index (χ0) is 21.4. The molecular weight excluding hydrogens is 454 g/mol. The fourth-order valence-corrected chi connectivity index (χ4v) is 5.51. The summed E-state index contributed by atoms with van der Waals surface area (Å²) in [6.07, 6.45) is 0. The maximum absolute atomic E-state index is 12.6. The van der Waals surface area contributed by atoms with Crippen LogP contribution in [0.15, 0.2) is 52.6 Å². The Labute approximate surface area is 191 Å². The number of amides is 1. The van der Waals surface area contributed by atoms with E-state index in [-0.39, 0.29) is 11.5 Å². The third-order valence-electron chi connectivity index (χ3n) is 5.18. The molecule has 5 rings (SSSR count). The average molecular weight is 472 g/mol. The molecule has 31 heavy (non-hydrogen) atoms. The molecule has 158 valence electrons. The summed E-state index contributed by atoms with van der Waals surface area (Å²) in [5, 5.41) is 7.57. The highest BCUT2D eigenvalue weighted by Crippen LogP contribution is 2.30. The van der Waals surface area contributed by atoms with Gasteiger partial charge in [0.05, 0.1) is 15.6 Å². The van der Waals surface area contributed by atoms with Crippen LogP contribution in [0.25, 0.3) is 15.5 Å². The molecule has 0 saturated carbocycles. The fourth-order valence-electron chi connectivity index (χ4n) is 3.57. The Morgan fingerprint density at radius 2 is 1.90 bits per heavy atom. The van der Waals surface area contributed by atoms with Crippen LogP contribution in [-0.4, -0.2) is 56.5 Å². The SMILES string of the molecule is O=C(c1cccs1)N1CCN(Cc2cc(=O)n3nc(-c4ccccc4Cl)sc3n2)CC1. The van der Waals surface area contributed by atoms with E-state index in [1.54, 1.807) is 6.07 Å². The predicted molar refractivity (Wildman–Crippen MR) is 123 cm³/mol. The van der Waals surface area contributed by atoms with Gasteiger partial charge in [0.25, 0.3) is 11.5 Å². The Kier molecular flexibility index (Phi) is 5.58. The lowest BCUT2D eigenvalue weighted by atomic mass is 10.2. The van der Waals surface area contributed by atoms with Gasteiger partial charge in [-0.3, -0.25) is 14.5 Å². The fraction of sp³-hybridized carbons (Fsp3) is 0.238. The highest BCUT2D eigenvalue weighted by Gasteiger charge is 2.23. The Hall–Kier alpha value is -2.59. The minimum atomic E-state index is -0.207. The van der Waals surface area contributed by atoms with E-state index in [0.29, 0.717) is 40.3 Å². The monoisotopic (exact) mass is 471 g/mol. The first-order valence-electron chi connectivity index (χ1n) is 9.78. The number of hydrogen-bond acceptors (Lipinski definition) is 7. The maximum atomic E-state index is 12.6. The molecule has 0 bridgehead atoms. The number of benzene rings is 1. The van der Waals surface area contributed by atoms with Gasteiger partial charge in [0.2, 0.25) is 4.96 Å². The average Bonchev–Trinajstić information content (AvgIpc) is 3.45. The van der Waals surface area contributed by atoms with Crippen LogP contribution in [-0.2, 0) is 6.54 Å². The third kappa shape index (κ3) is 4.14. The number of halogens is 1. The van der Waals surface area contributed by atoms with Crippen LogP contribution in [0.4, 0.5) is 0 Å². The smallest absolute Gasteiger partial charge is 0.275 e. The number of piperazine rings is 1. The molecule has 1 amide bonds. The van der Waals surface area contributed by atoms with Crippen molar-refractivity contribution in [3.8, 4) is 10.6 Å². The Balaban J connectivity index is 1.31. The van der Waals surface area contributed by atoms with Crippen LogP contribution in [0.3, 0.4) is 0 Å². The van der Waals surface area contributed by atoms with Crippen LogP contribution in [0.1, 0.15) is 15.4 Å². The van der Waals surface area contributed by atoms with Crippen molar-refractivity contribution in [2.75, 3.05) is 26.2 Å². The van der Waals surface area contributed by atoms with Crippen LogP contribution in [0.5, 0.6) is 0 Å². The van der Waals surface area contributed by atoms with Crippen LogP contribution < -0.4 is 5.56 Å². The van der Waals surface area contributed by atoms with E-state index in [1.807, 2.05) is 40.6 Å². The van der Waals surface area contributed by atoms with E-state index in [4.69, 9.17) is 11.6 Å². The van der Waals surface area contributed by atoms with E-state index >= 15 is 0 Å². The quantitative estimate of drug-likeness (QED) is 0.455. The summed E-state index contributed by atoms with van der Waals surface area (Å²) < 4.78 is 1.32. The topological polar surface area (TPSA) is 70.8 Å². The molecule has 1 saturated heterocycles. The number of carbonyl (C=O) groups excluding carboxylic acids is 1. The molecule has 0 unspecified atom stereocenters. The zero-order valence-corrected chi connectivity index (χ0v) is 18.8. The molecule has 0 atom stereocenters. The maximum Gasteiger partial charge on any atom is 0.275 e. The summed E-state index contributed by atoms with van der Waals surface area (Å²) in [7, 11) is 0. The Morgan fingerprint density at radius 1 is 1.10 bits per heavy atom. The second-order valence-electron chi connectivity index (χ2n) is 7.21. The van der Waals surface area contributed by atoms with Crippen LogP contribution in [0, 0.1) is 0 Å². The summed E-state index contributed by atoms with van der Waals surface area (Å²) >= 11 is 9.09. The van der Waals surface area contributed by atoms with E-state index in [2.05, 4.69) is 15.0 Å². The first kappa shape index (κ1) is 20.3. The van der Waals surface area contributed by atoms with Crippen LogP contribution in [0.2, 0.25) is 5.02 Å². The lowest BCUT2D eigenvalue weighted by molar-refractivity contribution is 0.0632. The lowest BCUT2D eigenvalue weighted by Gasteiger charge is -2.34. The number of thiophene rings is 1. The highest BCUT2D eigenvalue weighted by molar-refractivity contribution is 7.19. The number of fused-ring (bicyclic) bond motifs is 1. The van der Waals surface area contributed by atoms with Gasteiger partial charge in [-0.05, 0) is 17.5 Å². The van der Waals surface area contributed by atoms with E-state index in [0.717, 1.165) is 23.5 Å². The molecular formula is C21H18ClN5O2S2. The van der Waals surface area contributed by atoms with Crippen molar-refractivity contribution in [3.05, 3.63) is 73.8 Å². The van der Waals surface area contributed by atoms with Gasteiger partial charge in [-0.1, -0.05) is 47.2 Å². The molecule has 1 aliphatic rings. The summed E-state index contributed by atoms with van der Waals surface area (Å²) in [6.45, 7) is 3.37. The predicted octanol–water partition coefficient (Wildman–Crippen LogP) is 3.49. The van der Waals surface area contributed by atoms with Gasteiger partial charge >= 0.3 is 0 Å². The summed E-state index contributed by atoms with van der Waals surface area (Å²) in [6, 6.07) is 12.7. The van der Waals surface area contributed by atoms with E-state index < -0.39 is 0 Å². The molecule has 3 aromatic heterocycles. The first-order chi connectivity index (χ1) is 15.1. The normalized spacial score (nSPS) is 14.9. The number of rotatable bonds is 4. The second kappa shape index (κ2) is 8.51. The molecule has 1 aliphatic heterocycles. The molecule has 4 aromatic rings. The zero-order valence-electron chi connectivity index (χ0n) is 16.4. The van der Waals surface area contributed by atoms with Crippen molar-refractivity contribution in [2.24, 2.45) is 0 Å². The summed E-state index contributed by atoms with van der Waals surface area (Å²) in [4.78, 5) is 35.2. The molecule has 7 nitrogen and oxygen atoms in total. The van der Waals surface area contributed by atoms with Gasteiger partial charge in [0.15, 0.2) is 0 Å². The van der Waals surface area contributed by atoms with Crippen molar-refractivity contribution >= 4 is 45.1 Å². The molecule has 10 heteroatoms. The number of hydrogen-bond donors (Lipinski definition) is 0. The summed E-state index contributed by atoms with van der Waals surface area (Å²) in [5.74, 6) is 0.0872. The number of nitrogens with zero attached hydrogens (tertiary/aromatic N) is 5. The first-order valence-corrected chi connectivity index (χ1v) is 11.9. The molecule has 1 aromatic carbocycles. The minimum Gasteiger partial charge on any atom is -0.335 e. The van der Waals surface area contributed by atoms with E-state index in [9.17, 15) is 9.59 Å². The van der Waals surface area contributed by atoms with Crippen molar-refractivity contribution < 1.29 is 4.79 Å². The Morgan fingerprint density at radius 3 is 2.65 bits per heavy atom. The minimum absolute atomic E-state index is 0.0872. The van der Waals surface area contributed by atoms with Crippen molar-refractivity contribution in [2.45, 2.75) is 6.54 Å². The van der Waals surface area contributed by atoms with Gasteiger partial charge in [-0.25, -0.2) is 4.98 Å². The van der Waals surface area contributed by atoms with Crippen LogP contribution >= 0.6 is 34.3 Å². The summed E-state index contributed by atoms with van der Waals surface area (Å²) in [5.41, 5.74) is 1.28. The van der Waals surface area contributed by atoms with Gasteiger partial charge < -0.3 is 4.90 Å². The third-order valence-corrected chi connectivity index (χ3v) is 7.31. The molecule has 4 heterocycles. The largest absolute Gasteiger partial charge is 0.335 e. The van der Waals surface area contributed by atoms with E-state index in [1.165, 1.54) is 33.3 Å². The highest BCUT2D eigenvalue weighted by atomic mass is 35.5. The molecule has 0 N–H and O–H groups in total. The van der Waals surface area contributed by atoms with Crippen molar-refractivity contribution in [1.82, 2.24) is 24.4 Å². The van der Waals surface area contributed by atoms with Crippen molar-refractivity contribution in [1.29, 1.82) is 0 Å². The lowest BCUT2D eigenvalue weighted by Crippen LogP contribution is -2.48. The van der Waals surface area contributed by atoms with Gasteiger partial charge in [-0.2, -0.15) is 9.61 Å². The number of aromatic nitrogens is 3. The molecule has 0 radical (unpaired) electrons. The molecule has 1 fully saturated rings. The van der Waals surface area contributed by atoms with Gasteiger partial charge in [-0.15, -0.1) is 11.3 Å². The molecule has 0 spiro atoms. The standard InChI is InChI=1S/C21H18ClN5O2S2/c22-16-5-2-1-4-15(16)19-24-27-18(28)12-14(23-21(27)31-19)13-25-7-9-26(10-8-25)20(29)17-6-3-11-30-17/h1-6,11-12H,7-10,13H2. The van der Waals surface area contributed by atoms with Gasteiger partial charge in [0, 0.05) is 44.4 Å². The van der Waals surface area contributed by atoms with Crippen molar-refractivity contribution in [3.63, 3.8) is 0 Å². The number of carbonyl (C=O) groups is 1. The second-order valence-corrected chi connectivity index (χ2v) is 9.52.